The third kappa shape index (κ3) is 4.07. The van der Waals surface area contributed by atoms with Gasteiger partial charge in [0.1, 0.15) is 5.75 Å². The second-order valence-corrected chi connectivity index (χ2v) is 5.87. The number of esters is 1. The maximum absolute atomic E-state index is 12.5. The van der Waals surface area contributed by atoms with E-state index in [9.17, 15) is 19.7 Å². The van der Waals surface area contributed by atoms with Gasteiger partial charge in [0, 0.05) is 23.3 Å². The summed E-state index contributed by atoms with van der Waals surface area (Å²) in [5.41, 5.74) is 1.80. The number of hydrogen-bond acceptors (Lipinski definition) is 5. The Bertz CT molecular complexity index is 1010. The van der Waals surface area contributed by atoms with E-state index in [1.807, 2.05) is 6.07 Å². The van der Waals surface area contributed by atoms with Crippen LogP contribution in [0.4, 0.5) is 5.69 Å². The molecular weight excluding hydrogens is 346 g/mol. The van der Waals surface area contributed by atoms with E-state index in [1.165, 1.54) is 24.3 Å². The number of nitro groups is 1. The highest BCUT2D eigenvalue weighted by Gasteiger charge is 2.15. The molecule has 6 heteroatoms. The summed E-state index contributed by atoms with van der Waals surface area (Å²) in [5.74, 6) is -0.426. The molecule has 0 aliphatic heterocycles. The van der Waals surface area contributed by atoms with Crippen LogP contribution in [0.15, 0.2) is 72.8 Å². The molecule has 3 aromatic carbocycles. The highest BCUT2D eigenvalue weighted by molar-refractivity contribution is 6.09. The Morgan fingerprint density at radius 2 is 1.48 bits per heavy atom. The quantitative estimate of drug-likeness (QED) is 0.222. The maximum Gasteiger partial charge on any atom is 0.343 e. The molecule has 0 aliphatic rings. The van der Waals surface area contributed by atoms with Crippen LogP contribution in [0.3, 0.4) is 0 Å². The van der Waals surface area contributed by atoms with E-state index < -0.39 is 10.9 Å². The van der Waals surface area contributed by atoms with Gasteiger partial charge in [-0.2, -0.15) is 0 Å². The second kappa shape index (κ2) is 7.61. The van der Waals surface area contributed by atoms with Gasteiger partial charge in [0.25, 0.3) is 5.69 Å². The average molecular weight is 361 g/mol. The van der Waals surface area contributed by atoms with Crippen LogP contribution in [-0.4, -0.2) is 16.7 Å². The number of carbonyl (C=O) groups is 2. The minimum atomic E-state index is -0.630. The first-order valence-electron chi connectivity index (χ1n) is 8.13. The lowest BCUT2D eigenvalue weighted by Gasteiger charge is -2.09. The molecule has 0 unspecified atom stereocenters. The summed E-state index contributed by atoms with van der Waals surface area (Å²) in [6.07, 6.45) is 0. The number of rotatable bonds is 5. The molecule has 0 N–H and O–H groups in total. The topological polar surface area (TPSA) is 86.5 Å². The van der Waals surface area contributed by atoms with Gasteiger partial charge in [-0.05, 0) is 42.8 Å². The van der Waals surface area contributed by atoms with Crippen LogP contribution in [0.1, 0.15) is 31.8 Å². The van der Waals surface area contributed by atoms with Crippen molar-refractivity contribution in [2.24, 2.45) is 0 Å². The minimum absolute atomic E-state index is 0.105. The van der Waals surface area contributed by atoms with Crippen LogP contribution < -0.4 is 4.74 Å². The Balaban J connectivity index is 1.77. The molecule has 0 saturated carbocycles. The third-order valence-electron chi connectivity index (χ3n) is 3.99. The number of nitrogens with zero attached hydrogens (tertiary/aromatic N) is 1. The Kier molecular flexibility index (Phi) is 5.08. The molecule has 0 aromatic heterocycles. The zero-order valence-electron chi connectivity index (χ0n) is 14.4. The molecule has 0 aliphatic carbocycles. The van der Waals surface area contributed by atoms with E-state index in [0.717, 1.165) is 0 Å². The van der Waals surface area contributed by atoms with Gasteiger partial charge in [0.05, 0.1) is 10.5 Å². The van der Waals surface area contributed by atoms with Crippen LogP contribution in [0.5, 0.6) is 5.75 Å². The summed E-state index contributed by atoms with van der Waals surface area (Å²) in [6, 6.07) is 18.9. The first-order chi connectivity index (χ1) is 13.0. The Labute approximate surface area is 155 Å². The van der Waals surface area contributed by atoms with Gasteiger partial charge >= 0.3 is 5.97 Å². The number of aryl methyl sites for hydroxylation is 1. The van der Waals surface area contributed by atoms with Crippen molar-refractivity contribution in [2.45, 2.75) is 6.92 Å². The number of hydrogen-bond donors (Lipinski definition) is 0. The minimum Gasteiger partial charge on any atom is -0.423 e. The fraction of sp³-hybridized carbons (Fsp3) is 0.0476. The Morgan fingerprint density at radius 1 is 0.852 bits per heavy atom. The van der Waals surface area contributed by atoms with E-state index in [2.05, 4.69) is 0 Å². The first-order valence-corrected chi connectivity index (χ1v) is 8.13. The molecule has 0 atom stereocenters. The maximum atomic E-state index is 12.5. The first kappa shape index (κ1) is 18.0. The van der Waals surface area contributed by atoms with Gasteiger partial charge in [-0.15, -0.1) is 0 Å². The van der Waals surface area contributed by atoms with Crippen molar-refractivity contribution in [3.8, 4) is 5.75 Å². The van der Waals surface area contributed by atoms with Crippen LogP contribution in [0, 0.1) is 17.0 Å². The van der Waals surface area contributed by atoms with Crippen molar-refractivity contribution >= 4 is 17.4 Å². The van der Waals surface area contributed by atoms with Crippen LogP contribution >= 0.6 is 0 Å². The predicted molar refractivity (Wildman–Crippen MR) is 99.1 cm³/mol. The van der Waals surface area contributed by atoms with Gasteiger partial charge in [-0.3, -0.25) is 14.9 Å². The summed E-state index contributed by atoms with van der Waals surface area (Å²) in [5, 5.41) is 10.7. The number of benzene rings is 3. The molecule has 0 radical (unpaired) electrons. The molecule has 0 bridgehead atoms. The van der Waals surface area contributed by atoms with Gasteiger partial charge in [0.15, 0.2) is 5.78 Å². The number of ketones is 1. The molecular formula is C21H15NO5. The highest BCUT2D eigenvalue weighted by atomic mass is 16.6. The van der Waals surface area contributed by atoms with Gasteiger partial charge in [0.2, 0.25) is 0 Å². The molecule has 0 heterocycles. The standard InChI is InChI=1S/C21H15NO5/c1-14-13-17(20(23)15-5-3-2-4-6-15)9-12-19(14)27-21(24)16-7-10-18(11-8-16)22(25)26/h2-13H,1H3. The summed E-state index contributed by atoms with van der Waals surface area (Å²) < 4.78 is 5.35. The van der Waals surface area contributed by atoms with Gasteiger partial charge in [-0.1, -0.05) is 30.3 Å². The second-order valence-electron chi connectivity index (χ2n) is 5.87. The number of carbonyl (C=O) groups excluding carboxylic acids is 2. The van der Waals surface area contributed by atoms with Crippen molar-refractivity contribution in [1.29, 1.82) is 0 Å². The summed E-state index contributed by atoms with van der Waals surface area (Å²) in [6.45, 7) is 1.74. The SMILES string of the molecule is Cc1cc(C(=O)c2ccccc2)ccc1OC(=O)c1ccc([N+](=O)[O-])cc1. The van der Waals surface area contributed by atoms with Crippen molar-refractivity contribution in [2.75, 3.05) is 0 Å². The smallest absolute Gasteiger partial charge is 0.343 e. The normalized spacial score (nSPS) is 10.3. The van der Waals surface area contributed by atoms with Crippen LogP contribution in [0.25, 0.3) is 0 Å². The molecule has 0 spiro atoms. The van der Waals surface area contributed by atoms with E-state index >= 15 is 0 Å². The lowest BCUT2D eigenvalue weighted by Crippen LogP contribution is -2.10. The van der Waals surface area contributed by atoms with E-state index in [4.69, 9.17) is 4.74 Å². The lowest BCUT2D eigenvalue weighted by molar-refractivity contribution is -0.384. The monoisotopic (exact) mass is 361 g/mol. The zero-order valence-corrected chi connectivity index (χ0v) is 14.4. The van der Waals surface area contributed by atoms with E-state index in [0.29, 0.717) is 22.4 Å². The van der Waals surface area contributed by atoms with Gasteiger partial charge < -0.3 is 4.74 Å². The van der Waals surface area contributed by atoms with Crippen molar-refractivity contribution in [1.82, 2.24) is 0 Å². The molecule has 134 valence electrons. The fourth-order valence-electron chi connectivity index (χ4n) is 2.54. The highest BCUT2D eigenvalue weighted by Crippen LogP contribution is 2.22. The molecule has 3 rings (SSSR count). The molecule has 3 aromatic rings. The average Bonchev–Trinajstić information content (AvgIpc) is 2.69. The fourth-order valence-corrected chi connectivity index (χ4v) is 2.54. The largest absolute Gasteiger partial charge is 0.423 e. The Morgan fingerprint density at radius 3 is 2.07 bits per heavy atom. The van der Waals surface area contributed by atoms with Crippen molar-refractivity contribution < 1.29 is 19.2 Å². The lowest BCUT2D eigenvalue weighted by atomic mass is 10.0. The summed E-state index contributed by atoms with van der Waals surface area (Å²) in [7, 11) is 0. The number of non-ortho nitro benzene ring substituents is 1. The molecule has 0 fully saturated rings. The zero-order chi connectivity index (χ0) is 19.4. The van der Waals surface area contributed by atoms with Crippen molar-refractivity contribution in [3.63, 3.8) is 0 Å². The third-order valence-corrected chi connectivity index (χ3v) is 3.99. The van der Waals surface area contributed by atoms with Crippen LogP contribution in [-0.2, 0) is 0 Å². The molecule has 27 heavy (non-hydrogen) atoms. The molecule has 0 amide bonds. The van der Waals surface area contributed by atoms with Gasteiger partial charge in [-0.25, -0.2) is 4.79 Å². The Hall–Kier alpha value is -3.80. The summed E-state index contributed by atoms with van der Waals surface area (Å²) in [4.78, 5) is 34.8. The van der Waals surface area contributed by atoms with E-state index in [1.54, 1.807) is 49.4 Å². The van der Waals surface area contributed by atoms with E-state index in [-0.39, 0.29) is 17.0 Å². The number of ether oxygens (including phenoxy) is 1. The predicted octanol–water partition coefficient (Wildman–Crippen LogP) is 4.35. The summed E-state index contributed by atoms with van der Waals surface area (Å²) >= 11 is 0. The van der Waals surface area contributed by atoms with Crippen molar-refractivity contribution in [3.05, 3.63) is 105 Å². The molecule has 6 nitrogen and oxygen atoms in total. The number of nitro benzene ring substituents is 1. The molecule has 0 saturated heterocycles. The van der Waals surface area contributed by atoms with Crippen LogP contribution in [0.2, 0.25) is 0 Å².